The van der Waals surface area contributed by atoms with Gasteiger partial charge in [-0.05, 0) is 67.1 Å². The van der Waals surface area contributed by atoms with Crippen molar-refractivity contribution < 1.29 is 9.59 Å². The SMILES string of the molecule is Cc1ccc(NC(=O)[C@H](CCCCN)NC(=O)CC2c3ccccc3-c3ccccc32)cc1. The lowest BCUT2D eigenvalue weighted by molar-refractivity contribution is -0.126. The summed E-state index contributed by atoms with van der Waals surface area (Å²) in [4.78, 5) is 26.2. The fourth-order valence-corrected chi connectivity index (χ4v) is 4.55. The van der Waals surface area contributed by atoms with Gasteiger partial charge in [0.05, 0.1) is 0 Å². The molecule has 0 spiro atoms. The van der Waals surface area contributed by atoms with E-state index in [4.69, 9.17) is 5.73 Å². The molecule has 0 bridgehead atoms. The summed E-state index contributed by atoms with van der Waals surface area (Å²) in [5, 5.41) is 5.95. The Bertz CT molecular complexity index is 1080. The van der Waals surface area contributed by atoms with Gasteiger partial charge in [0, 0.05) is 18.0 Å². The topological polar surface area (TPSA) is 84.2 Å². The third kappa shape index (κ3) is 5.32. The van der Waals surface area contributed by atoms with Gasteiger partial charge in [-0.3, -0.25) is 9.59 Å². The van der Waals surface area contributed by atoms with Crippen molar-refractivity contribution in [2.24, 2.45) is 5.73 Å². The Kier molecular flexibility index (Phi) is 7.20. The number of hydrogen-bond donors (Lipinski definition) is 3. The Balaban J connectivity index is 1.47. The van der Waals surface area contributed by atoms with E-state index in [1.807, 2.05) is 55.5 Å². The van der Waals surface area contributed by atoms with Crippen LogP contribution in [0.2, 0.25) is 0 Å². The summed E-state index contributed by atoms with van der Waals surface area (Å²) in [5.74, 6) is -0.331. The molecule has 2 amide bonds. The van der Waals surface area contributed by atoms with Gasteiger partial charge < -0.3 is 16.4 Å². The van der Waals surface area contributed by atoms with Crippen molar-refractivity contribution >= 4 is 17.5 Å². The summed E-state index contributed by atoms with van der Waals surface area (Å²) in [7, 11) is 0. The normalized spacial score (nSPS) is 13.2. The van der Waals surface area contributed by atoms with Crippen molar-refractivity contribution in [3.63, 3.8) is 0 Å². The van der Waals surface area contributed by atoms with Gasteiger partial charge in [-0.15, -0.1) is 0 Å². The lowest BCUT2D eigenvalue weighted by atomic mass is 9.93. The standard InChI is InChI=1S/C28H31N3O2/c1-19-13-15-20(16-14-19)30-28(33)26(12-6-7-17-29)31-27(32)18-25-23-10-4-2-8-21(23)22-9-3-5-11-24(22)25/h2-5,8-11,13-16,25-26H,6-7,12,17-18,29H2,1H3,(H,30,33)(H,31,32)/t26-/m0/s1. The smallest absolute Gasteiger partial charge is 0.246 e. The van der Waals surface area contributed by atoms with Crippen LogP contribution < -0.4 is 16.4 Å². The van der Waals surface area contributed by atoms with Gasteiger partial charge >= 0.3 is 0 Å². The largest absolute Gasteiger partial charge is 0.344 e. The zero-order chi connectivity index (χ0) is 23.2. The summed E-state index contributed by atoms with van der Waals surface area (Å²) in [6.07, 6.45) is 2.45. The maximum absolute atomic E-state index is 13.1. The lowest BCUT2D eigenvalue weighted by Crippen LogP contribution is -2.44. The third-order valence-electron chi connectivity index (χ3n) is 6.27. The lowest BCUT2D eigenvalue weighted by Gasteiger charge is -2.20. The number of unbranched alkanes of at least 4 members (excludes halogenated alkanes) is 1. The van der Waals surface area contributed by atoms with E-state index in [0.29, 0.717) is 19.4 Å². The van der Waals surface area contributed by atoms with Crippen LogP contribution in [0.5, 0.6) is 0 Å². The van der Waals surface area contributed by atoms with Crippen molar-refractivity contribution in [1.82, 2.24) is 5.32 Å². The van der Waals surface area contributed by atoms with Crippen LogP contribution in [0.4, 0.5) is 5.69 Å². The number of hydrogen-bond acceptors (Lipinski definition) is 3. The van der Waals surface area contributed by atoms with Crippen LogP contribution in [-0.2, 0) is 9.59 Å². The highest BCUT2D eigenvalue weighted by molar-refractivity contribution is 5.97. The zero-order valence-corrected chi connectivity index (χ0v) is 19.0. The average Bonchev–Trinajstić information content (AvgIpc) is 3.14. The molecule has 33 heavy (non-hydrogen) atoms. The van der Waals surface area contributed by atoms with Crippen LogP contribution in [0.3, 0.4) is 0 Å². The van der Waals surface area contributed by atoms with E-state index in [9.17, 15) is 9.59 Å². The van der Waals surface area contributed by atoms with Crippen molar-refractivity contribution in [2.75, 3.05) is 11.9 Å². The second-order valence-electron chi connectivity index (χ2n) is 8.69. The quantitative estimate of drug-likeness (QED) is 0.419. The monoisotopic (exact) mass is 441 g/mol. The minimum atomic E-state index is -0.600. The molecule has 0 radical (unpaired) electrons. The number of benzene rings is 3. The summed E-state index contributed by atoms with van der Waals surface area (Å²) in [6.45, 7) is 2.57. The molecule has 0 aliphatic heterocycles. The minimum Gasteiger partial charge on any atom is -0.344 e. The Morgan fingerprint density at radius 3 is 2.09 bits per heavy atom. The Labute approximate surface area is 195 Å². The molecule has 4 rings (SSSR count). The van der Waals surface area contributed by atoms with Crippen molar-refractivity contribution in [1.29, 1.82) is 0 Å². The van der Waals surface area contributed by atoms with Crippen LogP contribution in [0.25, 0.3) is 11.1 Å². The second-order valence-corrected chi connectivity index (χ2v) is 8.69. The fourth-order valence-electron chi connectivity index (χ4n) is 4.55. The molecule has 0 heterocycles. The van der Waals surface area contributed by atoms with Gasteiger partial charge in [-0.25, -0.2) is 0 Å². The molecule has 0 unspecified atom stereocenters. The molecular formula is C28H31N3O2. The van der Waals surface area contributed by atoms with Crippen LogP contribution in [0.15, 0.2) is 72.8 Å². The van der Waals surface area contributed by atoms with Gasteiger partial charge in [-0.2, -0.15) is 0 Å². The van der Waals surface area contributed by atoms with Gasteiger partial charge in [0.25, 0.3) is 0 Å². The number of carbonyl (C=O) groups excluding carboxylic acids is 2. The van der Waals surface area contributed by atoms with Crippen molar-refractivity contribution in [3.8, 4) is 11.1 Å². The second kappa shape index (κ2) is 10.5. The highest BCUT2D eigenvalue weighted by Gasteiger charge is 2.31. The molecule has 4 N–H and O–H groups in total. The summed E-state index contributed by atoms with van der Waals surface area (Å²) < 4.78 is 0. The predicted octanol–water partition coefficient (Wildman–Crippen LogP) is 4.75. The van der Waals surface area contributed by atoms with Crippen LogP contribution >= 0.6 is 0 Å². The molecule has 0 fully saturated rings. The minimum absolute atomic E-state index is 0.0118. The first-order valence-electron chi connectivity index (χ1n) is 11.6. The van der Waals surface area contributed by atoms with Crippen LogP contribution in [0.1, 0.15) is 48.3 Å². The summed E-state index contributed by atoms with van der Waals surface area (Å²) in [6, 6.07) is 23.5. The molecular weight excluding hydrogens is 410 g/mol. The number of anilines is 1. The molecule has 0 saturated heterocycles. The Morgan fingerprint density at radius 2 is 1.48 bits per heavy atom. The van der Waals surface area contributed by atoms with E-state index in [0.717, 1.165) is 35.2 Å². The van der Waals surface area contributed by atoms with Crippen molar-refractivity contribution in [3.05, 3.63) is 89.5 Å². The molecule has 3 aromatic rings. The summed E-state index contributed by atoms with van der Waals surface area (Å²) >= 11 is 0. The van der Waals surface area contributed by atoms with Gasteiger partial charge in [0.2, 0.25) is 11.8 Å². The molecule has 1 aliphatic rings. The maximum atomic E-state index is 13.1. The molecule has 0 saturated carbocycles. The molecule has 1 aliphatic carbocycles. The molecule has 170 valence electrons. The molecule has 1 atom stereocenters. The van der Waals surface area contributed by atoms with Gasteiger partial charge in [0.15, 0.2) is 0 Å². The number of nitrogens with one attached hydrogen (secondary N) is 2. The van der Waals surface area contributed by atoms with E-state index in [2.05, 4.69) is 34.9 Å². The first kappa shape index (κ1) is 22.7. The average molecular weight is 442 g/mol. The Morgan fingerprint density at radius 1 is 0.879 bits per heavy atom. The zero-order valence-electron chi connectivity index (χ0n) is 19.0. The van der Waals surface area contributed by atoms with E-state index in [1.54, 1.807) is 0 Å². The predicted molar refractivity (Wildman–Crippen MR) is 133 cm³/mol. The van der Waals surface area contributed by atoms with Gasteiger partial charge in [-0.1, -0.05) is 66.2 Å². The number of nitrogens with two attached hydrogens (primary N) is 1. The maximum Gasteiger partial charge on any atom is 0.246 e. The van der Waals surface area contributed by atoms with E-state index < -0.39 is 6.04 Å². The van der Waals surface area contributed by atoms with Crippen molar-refractivity contribution in [2.45, 2.75) is 44.6 Å². The first-order chi connectivity index (χ1) is 16.1. The molecule has 3 aromatic carbocycles. The fraction of sp³-hybridized carbons (Fsp3) is 0.286. The number of amides is 2. The van der Waals surface area contributed by atoms with E-state index in [-0.39, 0.29) is 17.7 Å². The number of carbonyl (C=O) groups is 2. The highest BCUT2D eigenvalue weighted by Crippen LogP contribution is 2.45. The summed E-state index contributed by atoms with van der Waals surface area (Å²) in [5.41, 5.74) is 12.2. The molecule has 0 aromatic heterocycles. The van der Waals surface area contributed by atoms with Gasteiger partial charge in [0.1, 0.15) is 6.04 Å². The van der Waals surface area contributed by atoms with E-state index in [1.165, 1.54) is 11.1 Å². The first-order valence-corrected chi connectivity index (χ1v) is 11.6. The number of fused-ring (bicyclic) bond motifs is 3. The molecule has 5 nitrogen and oxygen atoms in total. The third-order valence-corrected chi connectivity index (χ3v) is 6.27. The highest BCUT2D eigenvalue weighted by atomic mass is 16.2. The number of rotatable bonds is 9. The van der Waals surface area contributed by atoms with Crippen LogP contribution in [0, 0.1) is 6.92 Å². The Hall–Kier alpha value is -3.44. The number of aryl methyl sites for hydroxylation is 1. The van der Waals surface area contributed by atoms with E-state index >= 15 is 0 Å². The molecule has 5 heteroatoms. The van der Waals surface area contributed by atoms with Crippen LogP contribution in [-0.4, -0.2) is 24.4 Å².